The highest BCUT2D eigenvalue weighted by Gasteiger charge is 2.25. The van der Waals surface area contributed by atoms with Crippen molar-refractivity contribution >= 4 is 0 Å². The van der Waals surface area contributed by atoms with E-state index in [4.69, 9.17) is 5.73 Å². The fraction of sp³-hybridized carbons (Fsp3) is 0.556. The lowest BCUT2D eigenvalue weighted by atomic mass is 9.93. The van der Waals surface area contributed by atoms with Crippen molar-refractivity contribution in [3.63, 3.8) is 0 Å². The van der Waals surface area contributed by atoms with Gasteiger partial charge >= 0.3 is 0 Å². The molecule has 4 heteroatoms. The van der Waals surface area contributed by atoms with Gasteiger partial charge in [-0.3, -0.25) is 4.79 Å². The molecule has 4 nitrogen and oxygen atoms in total. The molecule has 1 aromatic heterocycles. The Balaban J connectivity index is 3.12. The zero-order valence-electron chi connectivity index (χ0n) is 8.00. The monoisotopic (exact) mass is 181 g/mol. The molecule has 0 spiro atoms. The van der Waals surface area contributed by atoms with Crippen LogP contribution >= 0.6 is 0 Å². The third kappa shape index (κ3) is 1.95. The van der Waals surface area contributed by atoms with Crippen LogP contribution in [0.1, 0.15) is 32.5 Å². The quantitative estimate of drug-likeness (QED) is 0.722. The summed E-state index contributed by atoms with van der Waals surface area (Å²) < 4.78 is 0. The molecule has 0 saturated heterocycles. The molecule has 3 N–H and O–H groups in total. The Morgan fingerprint density at radius 1 is 1.54 bits per heavy atom. The van der Waals surface area contributed by atoms with Crippen LogP contribution < -0.4 is 11.3 Å². The van der Waals surface area contributed by atoms with E-state index in [0.717, 1.165) is 12.8 Å². The second-order valence-electron chi connectivity index (χ2n) is 3.15. The minimum absolute atomic E-state index is 0.151. The lowest BCUT2D eigenvalue weighted by Gasteiger charge is -2.24. The van der Waals surface area contributed by atoms with E-state index in [9.17, 15) is 4.79 Å². The minimum Gasteiger partial charge on any atom is -0.319 e. The molecule has 72 valence electrons. The summed E-state index contributed by atoms with van der Waals surface area (Å²) in [6.45, 7) is 3.97. The second kappa shape index (κ2) is 3.70. The Hall–Kier alpha value is -1.16. The Labute approximate surface area is 77.2 Å². The summed E-state index contributed by atoms with van der Waals surface area (Å²) in [5, 5.41) is 0. The predicted molar refractivity (Wildman–Crippen MR) is 51.3 cm³/mol. The van der Waals surface area contributed by atoms with Crippen LogP contribution in [-0.2, 0) is 5.54 Å². The van der Waals surface area contributed by atoms with Gasteiger partial charge in [-0.1, -0.05) is 13.8 Å². The van der Waals surface area contributed by atoms with Crippen LogP contribution in [0.2, 0.25) is 0 Å². The van der Waals surface area contributed by atoms with E-state index < -0.39 is 5.54 Å². The Kier molecular flexibility index (Phi) is 2.83. The average Bonchev–Trinajstić information content (AvgIpc) is 2.17. The standard InChI is InChI=1S/C9H15N3O/c1-3-9(10,4-2)8-11-6-5-7(13)12-8/h5-6H,3-4,10H2,1-2H3,(H,11,12,13). The van der Waals surface area contributed by atoms with Gasteiger partial charge in [-0.15, -0.1) is 0 Å². The molecular weight excluding hydrogens is 166 g/mol. The van der Waals surface area contributed by atoms with E-state index in [1.807, 2.05) is 13.8 Å². The van der Waals surface area contributed by atoms with E-state index in [1.54, 1.807) is 0 Å². The van der Waals surface area contributed by atoms with E-state index in [1.165, 1.54) is 12.3 Å². The van der Waals surface area contributed by atoms with Gasteiger partial charge < -0.3 is 10.7 Å². The Morgan fingerprint density at radius 3 is 2.62 bits per heavy atom. The van der Waals surface area contributed by atoms with Crippen molar-refractivity contribution in [2.45, 2.75) is 32.2 Å². The van der Waals surface area contributed by atoms with E-state index >= 15 is 0 Å². The molecule has 0 aliphatic rings. The van der Waals surface area contributed by atoms with Crippen LogP contribution in [0.15, 0.2) is 17.1 Å². The van der Waals surface area contributed by atoms with Crippen LogP contribution in [-0.4, -0.2) is 9.97 Å². The van der Waals surface area contributed by atoms with Crippen LogP contribution in [0.25, 0.3) is 0 Å². The van der Waals surface area contributed by atoms with Crippen molar-refractivity contribution in [3.05, 3.63) is 28.4 Å². The van der Waals surface area contributed by atoms with Gasteiger partial charge in [-0.25, -0.2) is 4.98 Å². The van der Waals surface area contributed by atoms with Crippen molar-refractivity contribution in [1.29, 1.82) is 0 Å². The van der Waals surface area contributed by atoms with Gasteiger partial charge in [0.25, 0.3) is 5.56 Å². The molecular formula is C9H15N3O. The van der Waals surface area contributed by atoms with E-state index in [0.29, 0.717) is 5.82 Å². The third-order valence-electron chi connectivity index (χ3n) is 2.40. The molecule has 0 saturated carbocycles. The first-order valence-electron chi connectivity index (χ1n) is 4.47. The van der Waals surface area contributed by atoms with Gasteiger partial charge in [0.15, 0.2) is 0 Å². The fourth-order valence-electron chi connectivity index (χ4n) is 1.21. The van der Waals surface area contributed by atoms with Gasteiger partial charge in [-0.05, 0) is 12.8 Å². The molecule has 0 amide bonds. The summed E-state index contributed by atoms with van der Waals surface area (Å²) in [6.07, 6.45) is 3.01. The largest absolute Gasteiger partial charge is 0.319 e. The topological polar surface area (TPSA) is 71.8 Å². The van der Waals surface area contributed by atoms with Crippen LogP contribution in [0.4, 0.5) is 0 Å². The van der Waals surface area contributed by atoms with Gasteiger partial charge in [-0.2, -0.15) is 0 Å². The first-order chi connectivity index (χ1) is 6.12. The Morgan fingerprint density at radius 2 is 2.15 bits per heavy atom. The number of hydrogen-bond acceptors (Lipinski definition) is 3. The molecule has 1 heterocycles. The summed E-state index contributed by atoms with van der Waals surface area (Å²) in [4.78, 5) is 17.7. The van der Waals surface area contributed by atoms with Crippen molar-refractivity contribution in [3.8, 4) is 0 Å². The maximum Gasteiger partial charge on any atom is 0.250 e. The molecule has 0 aromatic carbocycles. The normalized spacial score (nSPS) is 11.6. The summed E-state index contributed by atoms with van der Waals surface area (Å²) in [6, 6.07) is 1.38. The molecule has 1 aromatic rings. The maximum atomic E-state index is 11.0. The predicted octanol–water partition coefficient (Wildman–Crippen LogP) is 0.744. The van der Waals surface area contributed by atoms with Crippen molar-refractivity contribution in [2.24, 2.45) is 5.73 Å². The molecule has 0 fully saturated rings. The first-order valence-corrected chi connectivity index (χ1v) is 4.47. The molecule has 13 heavy (non-hydrogen) atoms. The average molecular weight is 181 g/mol. The van der Waals surface area contributed by atoms with E-state index in [-0.39, 0.29) is 5.56 Å². The van der Waals surface area contributed by atoms with Crippen LogP contribution in [0.3, 0.4) is 0 Å². The van der Waals surface area contributed by atoms with Gasteiger partial charge in [0.1, 0.15) is 5.82 Å². The number of nitrogens with zero attached hydrogens (tertiary/aromatic N) is 1. The smallest absolute Gasteiger partial charge is 0.250 e. The van der Waals surface area contributed by atoms with Gasteiger partial charge in [0, 0.05) is 12.3 Å². The number of aromatic nitrogens is 2. The number of H-pyrrole nitrogens is 1. The molecule has 0 bridgehead atoms. The SMILES string of the molecule is CCC(N)(CC)c1nccc(=O)[nH]1. The second-order valence-corrected chi connectivity index (χ2v) is 3.15. The first kappa shape index (κ1) is 9.92. The van der Waals surface area contributed by atoms with Crippen molar-refractivity contribution < 1.29 is 0 Å². The third-order valence-corrected chi connectivity index (χ3v) is 2.40. The maximum absolute atomic E-state index is 11.0. The van der Waals surface area contributed by atoms with Gasteiger partial charge in [0.2, 0.25) is 0 Å². The molecule has 0 atom stereocenters. The molecule has 0 aliphatic heterocycles. The number of aromatic amines is 1. The molecule has 0 radical (unpaired) electrons. The van der Waals surface area contributed by atoms with Gasteiger partial charge in [0.05, 0.1) is 5.54 Å². The van der Waals surface area contributed by atoms with Crippen molar-refractivity contribution in [1.82, 2.24) is 9.97 Å². The molecule has 0 unspecified atom stereocenters. The minimum atomic E-state index is -0.500. The molecule has 0 aliphatic carbocycles. The summed E-state index contributed by atoms with van der Waals surface area (Å²) >= 11 is 0. The fourth-order valence-corrected chi connectivity index (χ4v) is 1.21. The zero-order valence-corrected chi connectivity index (χ0v) is 8.00. The highest BCUT2D eigenvalue weighted by atomic mass is 16.1. The Bertz CT molecular complexity index is 328. The number of hydrogen-bond donors (Lipinski definition) is 2. The van der Waals surface area contributed by atoms with E-state index in [2.05, 4.69) is 9.97 Å². The summed E-state index contributed by atoms with van der Waals surface area (Å²) in [5.74, 6) is 0.574. The summed E-state index contributed by atoms with van der Waals surface area (Å²) in [7, 11) is 0. The highest BCUT2D eigenvalue weighted by molar-refractivity contribution is 5.03. The number of nitrogens with two attached hydrogens (primary N) is 1. The zero-order chi connectivity index (χ0) is 9.90. The number of rotatable bonds is 3. The highest BCUT2D eigenvalue weighted by Crippen LogP contribution is 2.20. The summed E-state index contributed by atoms with van der Waals surface area (Å²) in [5.41, 5.74) is 5.40. The number of nitrogens with one attached hydrogen (secondary N) is 1. The van der Waals surface area contributed by atoms with Crippen LogP contribution in [0, 0.1) is 0 Å². The lowest BCUT2D eigenvalue weighted by molar-refractivity contribution is 0.386. The van der Waals surface area contributed by atoms with Crippen LogP contribution in [0.5, 0.6) is 0 Å². The molecule has 1 rings (SSSR count). The van der Waals surface area contributed by atoms with Crippen molar-refractivity contribution in [2.75, 3.05) is 0 Å². The lowest BCUT2D eigenvalue weighted by Crippen LogP contribution is -2.38.